The number of hydrogen-bond donors (Lipinski definition) is 2. The van der Waals surface area contributed by atoms with E-state index < -0.39 is 0 Å². The van der Waals surface area contributed by atoms with E-state index in [1.54, 1.807) is 11.3 Å². The molecule has 0 unspecified atom stereocenters. The number of halogens is 2. The Balaban J connectivity index is 0.00000220. The van der Waals surface area contributed by atoms with Crippen LogP contribution < -0.4 is 10.6 Å². The molecular formula is C15H23Cl2N3OS. The van der Waals surface area contributed by atoms with Crippen molar-refractivity contribution in [3.8, 4) is 0 Å². The van der Waals surface area contributed by atoms with Crippen LogP contribution in [0.2, 0.25) is 0 Å². The van der Waals surface area contributed by atoms with Gasteiger partial charge in [-0.2, -0.15) is 0 Å². The second-order valence-electron chi connectivity index (χ2n) is 4.63. The maximum Gasteiger partial charge on any atom is 0.220 e. The zero-order chi connectivity index (χ0) is 14.2. The van der Waals surface area contributed by atoms with Gasteiger partial charge in [0.15, 0.2) is 0 Å². The average molecular weight is 364 g/mol. The molecule has 1 heterocycles. The standard InChI is InChI=1S/C15H21N3OS.2ClH/c1-2-16-10-11-17-14(19)8-5-9-15-18-12-6-3-4-7-13(12)20-15;;/h3-4,6-7,16H,2,5,8-11H2,1H3,(H,17,19);2*1H. The van der Waals surface area contributed by atoms with Crippen LogP contribution >= 0.6 is 36.2 Å². The first-order valence-corrected chi connectivity index (χ1v) is 7.93. The van der Waals surface area contributed by atoms with E-state index in [2.05, 4.69) is 28.6 Å². The van der Waals surface area contributed by atoms with E-state index in [1.165, 1.54) is 4.70 Å². The number of thiazole rings is 1. The van der Waals surface area contributed by atoms with E-state index in [9.17, 15) is 4.79 Å². The first-order valence-electron chi connectivity index (χ1n) is 7.11. The van der Waals surface area contributed by atoms with Crippen LogP contribution in [-0.2, 0) is 11.2 Å². The molecule has 2 N–H and O–H groups in total. The summed E-state index contributed by atoms with van der Waals surface area (Å²) >= 11 is 1.72. The van der Waals surface area contributed by atoms with E-state index in [1.807, 2.05) is 18.2 Å². The van der Waals surface area contributed by atoms with Gasteiger partial charge in [0.05, 0.1) is 15.2 Å². The van der Waals surface area contributed by atoms with Crippen LogP contribution in [-0.4, -0.2) is 30.5 Å². The van der Waals surface area contributed by atoms with E-state index >= 15 is 0 Å². The van der Waals surface area contributed by atoms with Gasteiger partial charge in [0, 0.05) is 19.5 Å². The summed E-state index contributed by atoms with van der Waals surface area (Å²) in [4.78, 5) is 16.2. The number of amides is 1. The van der Waals surface area contributed by atoms with E-state index in [-0.39, 0.29) is 30.7 Å². The van der Waals surface area contributed by atoms with Crippen LogP contribution in [0.3, 0.4) is 0 Å². The maximum absolute atomic E-state index is 11.6. The van der Waals surface area contributed by atoms with Crippen molar-refractivity contribution >= 4 is 52.3 Å². The molecule has 0 radical (unpaired) electrons. The van der Waals surface area contributed by atoms with Crippen molar-refractivity contribution in [3.63, 3.8) is 0 Å². The summed E-state index contributed by atoms with van der Waals surface area (Å²) in [5, 5.41) is 7.21. The van der Waals surface area contributed by atoms with Crippen molar-refractivity contribution in [2.75, 3.05) is 19.6 Å². The molecule has 1 aromatic heterocycles. The number of hydrogen-bond acceptors (Lipinski definition) is 4. The van der Waals surface area contributed by atoms with Gasteiger partial charge in [-0.25, -0.2) is 4.98 Å². The summed E-state index contributed by atoms with van der Waals surface area (Å²) in [6.07, 6.45) is 2.30. The molecule has 1 aromatic carbocycles. The highest BCUT2D eigenvalue weighted by molar-refractivity contribution is 7.18. The minimum absolute atomic E-state index is 0. The molecule has 4 nitrogen and oxygen atoms in total. The molecule has 0 aliphatic carbocycles. The topological polar surface area (TPSA) is 54.0 Å². The Morgan fingerprint density at radius 3 is 2.73 bits per heavy atom. The van der Waals surface area contributed by atoms with Crippen LogP contribution in [0.5, 0.6) is 0 Å². The molecular weight excluding hydrogens is 341 g/mol. The third-order valence-corrected chi connectivity index (χ3v) is 4.10. The van der Waals surface area contributed by atoms with Crippen LogP contribution in [0, 0.1) is 0 Å². The first-order chi connectivity index (χ1) is 9.79. The van der Waals surface area contributed by atoms with Crippen molar-refractivity contribution in [2.45, 2.75) is 26.2 Å². The fourth-order valence-electron chi connectivity index (χ4n) is 1.98. The van der Waals surface area contributed by atoms with E-state index in [4.69, 9.17) is 0 Å². The van der Waals surface area contributed by atoms with Gasteiger partial charge in [-0.05, 0) is 31.5 Å². The highest BCUT2D eigenvalue weighted by Gasteiger charge is 2.05. The van der Waals surface area contributed by atoms with Gasteiger partial charge in [-0.15, -0.1) is 36.2 Å². The molecule has 2 aromatic rings. The van der Waals surface area contributed by atoms with Crippen LogP contribution in [0.25, 0.3) is 10.2 Å². The quantitative estimate of drug-likeness (QED) is 0.708. The number of fused-ring (bicyclic) bond motifs is 1. The molecule has 124 valence electrons. The number of benzene rings is 1. The number of carbonyl (C=O) groups is 1. The lowest BCUT2D eigenvalue weighted by molar-refractivity contribution is -0.121. The lowest BCUT2D eigenvalue weighted by atomic mass is 10.2. The Hall–Kier alpha value is -0.880. The Kier molecular flexibility index (Phi) is 11.2. The number of nitrogens with one attached hydrogen (secondary N) is 2. The predicted octanol–water partition coefficient (Wildman–Crippen LogP) is 3.19. The van der Waals surface area contributed by atoms with Gasteiger partial charge in [0.1, 0.15) is 0 Å². The van der Waals surface area contributed by atoms with Crippen molar-refractivity contribution in [3.05, 3.63) is 29.3 Å². The van der Waals surface area contributed by atoms with Crippen molar-refractivity contribution in [2.24, 2.45) is 0 Å². The van der Waals surface area contributed by atoms with Gasteiger partial charge < -0.3 is 10.6 Å². The lowest BCUT2D eigenvalue weighted by Crippen LogP contribution is -2.31. The summed E-state index contributed by atoms with van der Waals surface area (Å²) < 4.78 is 1.22. The Bertz CT molecular complexity index is 529. The van der Waals surface area contributed by atoms with Gasteiger partial charge in [0.2, 0.25) is 5.91 Å². The second-order valence-corrected chi connectivity index (χ2v) is 5.75. The third kappa shape index (κ3) is 6.92. The zero-order valence-corrected chi connectivity index (χ0v) is 15.1. The number of aryl methyl sites for hydroxylation is 1. The fraction of sp³-hybridized carbons (Fsp3) is 0.467. The van der Waals surface area contributed by atoms with E-state index in [0.29, 0.717) is 13.0 Å². The van der Waals surface area contributed by atoms with Crippen LogP contribution in [0.15, 0.2) is 24.3 Å². The van der Waals surface area contributed by atoms with Gasteiger partial charge in [0.25, 0.3) is 0 Å². The largest absolute Gasteiger partial charge is 0.355 e. The molecule has 0 saturated carbocycles. The lowest BCUT2D eigenvalue weighted by Gasteiger charge is -2.04. The smallest absolute Gasteiger partial charge is 0.220 e. The SMILES string of the molecule is CCNCCNC(=O)CCCc1nc2ccccc2s1.Cl.Cl. The molecule has 1 amide bonds. The minimum Gasteiger partial charge on any atom is -0.355 e. The summed E-state index contributed by atoms with van der Waals surface area (Å²) in [5.41, 5.74) is 1.06. The minimum atomic E-state index is 0. The van der Waals surface area contributed by atoms with Crippen molar-refractivity contribution in [1.82, 2.24) is 15.6 Å². The summed E-state index contributed by atoms with van der Waals surface area (Å²) in [5.74, 6) is 0.129. The second kappa shape index (κ2) is 11.7. The molecule has 0 bridgehead atoms. The normalized spacial score (nSPS) is 9.86. The maximum atomic E-state index is 11.6. The van der Waals surface area contributed by atoms with Gasteiger partial charge in [-0.1, -0.05) is 19.1 Å². The molecule has 0 fully saturated rings. The monoisotopic (exact) mass is 363 g/mol. The number of carbonyl (C=O) groups excluding carboxylic acids is 1. The summed E-state index contributed by atoms with van der Waals surface area (Å²) in [6, 6.07) is 8.15. The number of nitrogens with zero attached hydrogens (tertiary/aromatic N) is 1. The number of aromatic nitrogens is 1. The third-order valence-electron chi connectivity index (χ3n) is 3.01. The fourth-order valence-corrected chi connectivity index (χ4v) is 2.99. The molecule has 0 aliphatic heterocycles. The van der Waals surface area contributed by atoms with Crippen molar-refractivity contribution < 1.29 is 4.79 Å². The van der Waals surface area contributed by atoms with Crippen LogP contribution in [0.1, 0.15) is 24.8 Å². The number of para-hydroxylation sites is 1. The first kappa shape index (κ1) is 21.1. The molecule has 0 atom stereocenters. The Morgan fingerprint density at radius 1 is 1.23 bits per heavy atom. The molecule has 0 spiro atoms. The Morgan fingerprint density at radius 2 is 2.00 bits per heavy atom. The highest BCUT2D eigenvalue weighted by Crippen LogP contribution is 2.22. The molecule has 2 rings (SSSR count). The molecule has 0 aliphatic rings. The van der Waals surface area contributed by atoms with Gasteiger partial charge in [-0.3, -0.25) is 4.79 Å². The molecule has 22 heavy (non-hydrogen) atoms. The molecule has 0 saturated heterocycles. The Labute approximate surface area is 147 Å². The van der Waals surface area contributed by atoms with E-state index in [0.717, 1.165) is 36.5 Å². The zero-order valence-electron chi connectivity index (χ0n) is 12.6. The molecule has 7 heteroatoms. The predicted molar refractivity (Wildman–Crippen MR) is 98.6 cm³/mol. The van der Waals surface area contributed by atoms with Gasteiger partial charge >= 0.3 is 0 Å². The average Bonchev–Trinajstić information content (AvgIpc) is 2.86. The summed E-state index contributed by atoms with van der Waals surface area (Å²) in [6.45, 7) is 4.53. The van der Waals surface area contributed by atoms with Crippen molar-refractivity contribution in [1.29, 1.82) is 0 Å². The summed E-state index contributed by atoms with van der Waals surface area (Å²) in [7, 11) is 0. The highest BCUT2D eigenvalue weighted by atomic mass is 35.5. The van der Waals surface area contributed by atoms with Crippen LogP contribution in [0.4, 0.5) is 0 Å². The number of rotatable bonds is 8. The number of likely N-dealkylation sites (N-methyl/N-ethyl adjacent to an activating group) is 1.